The number of nitrogens with two attached hydrogens (primary N) is 1. The fraction of sp³-hybridized carbons (Fsp3) is 0.214. The summed E-state index contributed by atoms with van der Waals surface area (Å²) >= 11 is 3.32. The van der Waals surface area contributed by atoms with E-state index in [2.05, 4.69) is 26.3 Å². The lowest BCUT2D eigenvalue weighted by molar-refractivity contribution is 0.0991. The Morgan fingerprint density at radius 1 is 1.38 bits per heavy atom. The van der Waals surface area contributed by atoms with E-state index in [1.165, 1.54) is 4.68 Å². The van der Waals surface area contributed by atoms with Crippen LogP contribution in [0.2, 0.25) is 0 Å². The molecular weight excluding hydrogens is 336 g/mol. The summed E-state index contributed by atoms with van der Waals surface area (Å²) in [7, 11) is 0. The first-order chi connectivity index (χ1) is 9.95. The van der Waals surface area contributed by atoms with E-state index in [9.17, 15) is 9.59 Å². The molecule has 2 amide bonds. The molecule has 0 fully saturated rings. The van der Waals surface area contributed by atoms with Crippen LogP contribution in [0, 0.1) is 6.92 Å². The molecule has 1 heterocycles. The highest BCUT2D eigenvalue weighted by Crippen LogP contribution is 2.23. The molecule has 21 heavy (non-hydrogen) atoms. The number of nitrogens with one attached hydrogen (secondary N) is 1. The minimum Gasteiger partial charge on any atom is -0.364 e. The molecule has 0 saturated heterocycles. The third kappa shape index (κ3) is 2.97. The normalized spacial score (nSPS) is 10.4. The summed E-state index contributed by atoms with van der Waals surface area (Å²) in [5.74, 6) is -0.955. The number of aryl methyl sites for hydroxylation is 2. The zero-order valence-corrected chi connectivity index (χ0v) is 13.3. The minimum absolute atomic E-state index is 0.204. The number of anilines is 1. The summed E-state index contributed by atoms with van der Waals surface area (Å²) in [6, 6.07) is 7.03. The van der Waals surface area contributed by atoms with Gasteiger partial charge in [0.05, 0.1) is 16.9 Å². The van der Waals surface area contributed by atoms with E-state index in [4.69, 9.17) is 5.73 Å². The zero-order chi connectivity index (χ0) is 15.6. The van der Waals surface area contributed by atoms with Crippen LogP contribution in [0.4, 0.5) is 5.69 Å². The third-order valence-electron chi connectivity index (χ3n) is 3.02. The van der Waals surface area contributed by atoms with Crippen LogP contribution in [0.25, 0.3) is 0 Å². The van der Waals surface area contributed by atoms with Crippen molar-refractivity contribution in [1.29, 1.82) is 0 Å². The topological polar surface area (TPSA) is 90.0 Å². The summed E-state index contributed by atoms with van der Waals surface area (Å²) in [6.07, 6.45) is 0. The zero-order valence-electron chi connectivity index (χ0n) is 11.7. The van der Waals surface area contributed by atoms with Gasteiger partial charge in [0.25, 0.3) is 11.8 Å². The number of benzene rings is 1. The lowest BCUT2D eigenvalue weighted by atomic mass is 10.2. The molecule has 0 radical (unpaired) electrons. The summed E-state index contributed by atoms with van der Waals surface area (Å²) in [4.78, 5) is 23.9. The molecule has 2 aromatic rings. The predicted octanol–water partition coefficient (Wildman–Crippen LogP) is 2.33. The fourth-order valence-corrected chi connectivity index (χ4v) is 2.50. The fourth-order valence-electron chi connectivity index (χ4n) is 2.04. The number of carbonyl (C=O) groups is 2. The standard InChI is InChI=1S/C14H15BrN4O2/c1-3-19-12(13(16)20)11(8(2)18-19)17-14(21)9-6-4-5-7-10(9)15/h4-7H,3H2,1-2H3,(H2,16,20)(H,17,21). The Kier molecular flexibility index (Phi) is 4.42. The number of hydrogen-bond acceptors (Lipinski definition) is 3. The van der Waals surface area contributed by atoms with E-state index in [1.54, 1.807) is 25.1 Å². The van der Waals surface area contributed by atoms with Crippen molar-refractivity contribution in [3.8, 4) is 0 Å². The van der Waals surface area contributed by atoms with Crippen LogP contribution in [-0.2, 0) is 6.54 Å². The smallest absolute Gasteiger partial charge is 0.269 e. The molecule has 0 unspecified atom stereocenters. The number of nitrogens with zero attached hydrogens (tertiary/aromatic N) is 2. The number of hydrogen-bond donors (Lipinski definition) is 2. The van der Waals surface area contributed by atoms with Crippen molar-refractivity contribution < 1.29 is 9.59 Å². The first-order valence-corrected chi connectivity index (χ1v) is 7.18. The Morgan fingerprint density at radius 3 is 2.62 bits per heavy atom. The van der Waals surface area contributed by atoms with Crippen LogP contribution in [0.5, 0.6) is 0 Å². The van der Waals surface area contributed by atoms with Gasteiger partial charge in [-0.2, -0.15) is 5.10 Å². The van der Waals surface area contributed by atoms with Gasteiger partial charge in [-0.1, -0.05) is 12.1 Å². The number of primary amides is 1. The second-order valence-electron chi connectivity index (χ2n) is 4.42. The molecule has 2 rings (SSSR count). The van der Waals surface area contributed by atoms with Gasteiger partial charge in [0, 0.05) is 11.0 Å². The molecule has 6 nitrogen and oxygen atoms in total. The third-order valence-corrected chi connectivity index (χ3v) is 3.71. The lowest BCUT2D eigenvalue weighted by Crippen LogP contribution is -2.21. The highest BCUT2D eigenvalue weighted by molar-refractivity contribution is 9.10. The van der Waals surface area contributed by atoms with E-state index in [0.29, 0.717) is 28.0 Å². The van der Waals surface area contributed by atoms with E-state index >= 15 is 0 Å². The van der Waals surface area contributed by atoms with Crippen molar-refractivity contribution in [3.63, 3.8) is 0 Å². The molecule has 1 aromatic carbocycles. The molecule has 0 bridgehead atoms. The Balaban J connectivity index is 2.40. The van der Waals surface area contributed by atoms with Gasteiger partial charge in [0.15, 0.2) is 0 Å². The second-order valence-corrected chi connectivity index (χ2v) is 5.28. The summed E-state index contributed by atoms with van der Waals surface area (Å²) in [6.45, 7) is 4.05. The van der Waals surface area contributed by atoms with Crippen LogP contribution in [0.3, 0.4) is 0 Å². The molecule has 7 heteroatoms. The average molecular weight is 351 g/mol. The summed E-state index contributed by atoms with van der Waals surface area (Å²) in [5, 5.41) is 6.93. The maximum absolute atomic E-state index is 12.3. The van der Waals surface area contributed by atoms with Crippen molar-refractivity contribution in [2.75, 3.05) is 5.32 Å². The summed E-state index contributed by atoms with van der Waals surface area (Å²) in [5.41, 5.74) is 6.96. The monoisotopic (exact) mass is 350 g/mol. The number of rotatable bonds is 4. The van der Waals surface area contributed by atoms with Gasteiger partial charge >= 0.3 is 0 Å². The van der Waals surface area contributed by atoms with Gasteiger partial charge in [0.1, 0.15) is 5.69 Å². The molecule has 0 spiro atoms. The molecule has 0 atom stereocenters. The largest absolute Gasteiger partial charge is 0.364 e. The highest BCUT2D eigenvalue weighted by Gasteiger charge is 2.21. The SMILES string of the molecule is CCn1nc(C)c(NC(=O)c2ccccc2Br)c1C(N)=O. The van der Waals surface area contributed by atoms with Crippen LogP contribution in [0.1, 0.15) is 33.5 Å². The number of aromatic nitrogens is 2. The van der Waals surface area contributed by atoms with Gasteiger partial charge < -0.3 is 11.1 Å². The Morgan fingerprint density at radius 2 is 2.05 bits per heavy atom. The van der Waals surface area contributed by atoms with Gasteiger partial charge in [-0.3, -0.25) is 14.3 Å². The van der Waals surface area contributed by atoms with Crippen molar-refractivity contribution in [2.45, 2.75) is 20.4 Å². The van der Waals surface area contributed by atoms with Crippen LogP contribution in [-0.4, -0.2) is 21.6 Å². The van der Waals surface area contributed by atoms with Crippen molar-refractivity contribution in [2.24, 2.45) is 5.73 Å². The Bertz CT molecular complexity index is 709. The number of amides is 2. The first kappa shape index (κ1) is 15.2. The molecule has 110 valence electrons. The van der Waals surface area contributed by atoms with Crippen LogP contribution in [0.15, 0.2) is 28.7 Å². The first-order valence-electron chi connectivity index (χ1n) is 6.38. The Hall–Kier alpha value is -2.15. The van der Waals surface area contributed by atoms with Gasteiger partial charge in [-0.05, 0) is 41.9 Å². The highest BCUT2D eigenvalue weighted by atomic mass is 79.9. The van der Waals surface area contributed by atoms with Crippen LogP contribution < -0.4 is 11.1 Å². The van der Waals surface area contributed by atoms with Crippen molar-refractivity contribution in [3.05, 3.63) is 45.7 Å². The second kappa shape index (κ2) is 6.09. The number of halogens is 1. The molecule has 0 aliphatic heterocycles. The van der Waals surface area contributed by atoms with E-state index in [-0.39, 0.29) is 11.6 Å². The molecule has 1 aromatic heterocycles. The molecular formula is C14H15BrN4O2. The van der Waals surface area contributed by atoms with E-state index < -0.39 is 5.91 Å². The van der Waals surface area contributed by atoms with Gasteiger partial charge in [-0.25, -0.2) is 0 Å². The summed E-state index contributed by atoms with van der Waals surface area (Å²) < 4.78 is 2.15. The van der Waals surface area contributed by atoms with Crippen LogP contribution >= 0.6 is 15.9 Å². The van der Waals surface area contributed by atoms with Gasteiger partial charge in [0.2, 0.25) is 0 Å². The lowest BCUT2D eigenvalue weighted by Gasteiger charge is -2.08. The van der Waals surface area contributed by atoms with Gasteiger partial charge in [-0.15, -0.1) is 0 Å². The molecule has 0 aliphatic carbocycles. The quantitative estimate of drug-likeness (QED) is 0.886. The molecule has 0 saturated carbocycles. The maximum Gasteiger partial charge on any atom is 0.269 e. The molecule has 3 N–H and O–H groups in total. The predicted molar refractivity (Wildman–Crippen MR) is 83.3 cm³/mol. The number of carbonyl (C=O) groups excluding carboxylic acids is 2. The molecule has 0 aliphatic rings. The van der Waals surface area contributed by atoms with E-state index in [1.807, 2.05) is 13.0 Å². The van der Waals surface area contributed by atoms with Crippen molar-refractivity contribution >= 4 is 33.4 Å². The average Bonchev–Trinajstić information content (AvgIpc) is 2.75. The van der Waals surface area contributed by atoms with Crippen molar-refractivity contribution in [1.82, 2.24) is 9.78 Å². The minimum atomic E-state index is -0.625. The van der Waals surface area contributed by atoms with E-state index in [0.717, 1.165) is 0 Å². The Labute approximate surface area is 130 Å². The maximum atomic E-state index is 12.3.